The van der Waals surface area contributed by atoms with E-state index in [1.165, 1.54) is 7.11 Å². The molecule has 5 heteroatoms. The second-order valence-corrected chi connectivity index (χ2v) is 4.31. The van der Waals surface area contributed by atoms with Crippen LogP contribution in [0.5, 0.6) is 0 Å². The van der Waals surface area contributed by atoms with Gasteiger partial charge in [0, 0.05) is 18.8 Å². The average Bonchev–Trinajstić information content (AvgIpc) is 2.85. The minimum atomic E-state index is -0.354. The highest BCUT2D eigenvalue weighted by Crippen LogP contribution is 2.07. The summed E-state index contributed by atoms with van der Waals surface area (Å²) in [7, 11) is 1.36. The van der Waals surface area contributed by atoms with E-state index in [9.17, 15) is 4.79 Å². The van der Waals surface area contributed by atoms with Crippen molar-refractivity contribution in [3.05, 3.63) is 23.5 Å². The minimum Gasteiger partial charge on any atom is -0.464 e. The van der Waals surface area contributed by atoms with Gasteiger partial charge in [0.2, 0.25) is 0 Å². The molecule has 5 nitrogen and oxygen atoms in total. The first kappa shape index (κ1) is 14.7. The van der Waals surface area contributed by atoms with Gasteiger partial charge < -0.3 is 20.1 Å². The van der Waals surface area contributed by atoms with Crippen LogP contribution in [0.1, 0.15) is 35.9 Å². The van der Waals surface area contributed by atoms with Gasteiger partial charge in [-0.1, -0.05) is 13.3 Å². The van der Waals surface area contributed by atoms with Gasteiger partial charge in [0.05, 0.1) is 7.11 Å². The fourth-order valence-electron chi connectivity index (χ4n) is 1.82. The molecule has 0 fully saturated rings. The first-order valence-corrected chi connectivity index (χ1v) is 6.29. The molecule has 0 aromatic carbocycles. The van der Waals surface area contributed by atoms with Crippen LogP contribution in [0.15, 0.2) is 12.1 Å². The van der Waals surface area contributed by atoms with Gasteiger partial charge >= 0.3 is 5.97 Å². The first-order valence-electron chi connectivity index (χ1n) is 6.29. The van der Waals surface area contributed by atoms with E-state index in [4.69, 9.17) is 5.11 Å². The number of aromatic nitrogens is 1. The molecule has 0 spiro atoms. The summed E-state index contributed by atoms with van der Waals surface area (Å²) in [6.45, 7) is 3.89. The van der Waals surface area contributed by atoms with Crippen molar-refractivity contribution >= 4 is 5.97 Å². The predicted molar refractivity (Wildman–Crippen MR) is 69.3 cm³/mol. The van der Waals surface area contributed by atoms with Crippen LogP contribution in [-0.4, -0.2) is 36.3 Å². The number of carbonyl (C=O) groups excluding carboxylic acids is 1. The van der Waals surface area contributed by atoms with Crippen molar-refractivity contribution in [3.8, 4) is 0 Å². The number of hydrogen-bond donors (Lipinski definition) is 3. The van der Waals surface area contributed by atoms with Crippen molar-refractivity contribution in [3.63, 3.8) is 0 Å². The fourth-order valence-corrected chi connectivity index (χ4v) is 1.82. The SMILES string of the molecule is CCC(CCO)CNCc1ccc(C(=O)OC)[nH]1. The highest BCUT2D eigenvalue weighted by molar-refractivity contribution is 5.87. The molecular weight excluding hydrogens is 232 g/mol. The molecule has 0 saturated heterocycles. The molecule has 1 heterocycles. The molecular formula is C13H22N2O3. The molecule has 0 aliphatic heterocycles. The van der Waals surface area contributed by atoms with Gasteiger partial charge in [0.15, 0.2) is 0 Å². The Kier molecular flexibility index (Phi) is 6.46. The minimum absolute atomic E-state index is 0.231. The lowest BCUT2D eigenvalue weighted by molar-refractivity contribution is 0.0594. The number of nitrogens with one attached hydrogen (secondary N) is 2. The first-order chi connectivity index (χ1) is 8.71. The summed E-state index contributed by atoms with van der Waals surface area (Å²) in [5, 5.41) is 12.2. The number of methoxy groups -OCH3 is 1. The zero-order chi connectivity index (χ0) is 13.4. The highest BCUT2D eigenvalue weighted by Gasteiger charge is 2.08. The monoisotopic (exact) mass is 254 g/mol. The Balaban J connectivity index is 2.35. The van der Waals surface area contributed by atoms with Crippen molar-refractivity contribution in [2.75, 3.05) is 20.3 Å². The lowest BCUT2D eigenvalue weighted by atomic mass is 10.0. The number of aliphatic hydroxyl groups is 1. The summed E-state index contributed by atoms with van der Waals surface area (Å²) in [6.07, 6.45) is 1.87. The van der Waals surface area contributed by atoms with Gasteiger partial charge in [-0.05, 0) is 31.0 Å². The third-order valence-corrected chi connectivity index (χ3v) is 3.01. The Labute approximate surface area is 108 Å². The Bertz CT molecular complexity index is 363. The molecule has 102 valence electrons. The Hall–Kier alpha value is -1.33. The second-order valence-electron chi connectivity index (χ2n) is 4.31. The number of ether oxygens (including phenoxy) is 1. The van der Waals surface area contributed by atoms with E-state index in [2.05, 4.69) is 22.0 Å². The zero-order valence-electron chi connectivity index (χ0n) is 11.0. The number of rotatable bonds is 8. The van der Waals surface area contributed by atoms with Crippen LogP contribution in [-0.2, 0) is 11.3 Å². The van der Waals surface area contributed by atoms with Crippen LogP contribution in [0.3, 0.4) is 0 Å². The molecule has 18 heavy (non-hydrogen) atoms. The maximum absolute atomic E-state index is 11.2. The number of carbonyl (C=O) groups is 1. The van der Waals surface area contributed by atoms with E-state index in [0.717, 1.165) is 25.1 Å². The van der Waals surface area contributed by atoms with Gasteiger partial charge in [-0.3, -0.25) is 0 Å². The average molecular weight is 254 g/mol. The molecule has 1 aromatic heterocycles. The summed E-state index contributed by atoms with van der Waals surface area (Å²) in [4.78, 5) is 14.2. The molecule has 1 atom stereocenters. The van der Waals surface area contributed by atoms with Crippen LogP contribution in [0.2, 0.25) is 0 Å². The van der Waals surface area contributed by atoms with Crippen LogP contribution in [0.4, 0.5) is 0 Å². The molecule has 0 bridgehead atoms. The Morgan fingerprint density at radius 2 is 2.33 bits per heavy atom. The van der Waals surface area contributed by atoms with E-state index < -0.39 is 0 Å². The van der Waals surface area contributed by atoms with Crippen molar-refractivity contribution in [1.82, 2.24) is 10.3 Å². The lowest BCUT2D eigenvalue weighted by Gasteiger charge is -2.13. The third-order valence-electron chi connectivity index (χ3n) is 3.01. The summed E-state index contributed by atoms with van der Waals surface area (Å²) in [6, 6.07) is 3.58. The normalized spacial score (nSPS) is 12.4. The quantitative estimate of drug-likeness (QED) is 0.611. The summed E-state index contributed by atoms with van der Waals surface area (Å²) >= 11 is 0. The lowest BCUT2D eigenvalue weighted by Crippen LogP contribution is -2.23. The maximum atomic E-state index is 11.2. The van der Waals surface area contributed by atoms with E-state index in [1.54, 1.807) is 6.07 Å². The van der Waals surface area contributed by atoms with Crippen molar-refractivity contribution < 1.29 is 14.6 Å². The smallest absolute Gasteiger partial charge is 0.354 e. The van der Waals surface area contributed by atoms with E-state index in [1.807, 2.05) is 6.07 Å². The topological polar surface area (TPSA) is 74.3 Å². The van der Waals surface area contributed by atoms with E-state index in [-0.39, 0.29) is 12.6 Å². The van der Waals surface area contributed by atoms with Crippen LogP contribution in [0, 0.1) is 5.92 Å². The van der Waals surface area contributed by atoms with Crippen molar-refractivity contribution in [2.24, 2.45) is 5.92 Å². The molecule has 0 aliphatic carbocycles. The predicted octanol–water partition coefficient (Wildman–Crippen LogP) is 1.30. The Morgan fingerprint density at radius 3 is 2.94 bits per heavy atom. The van der Waals surface area contributed by atoms with E-state index >= 15 is 0 Å². The maximum Gasteiger partial charge on any atom is 0.354 e. The van der Waals surface area contributed by atoms with E-state index in [0.29, 0.717) is 18.2 Å². The molecule has 1 rings (SSSR count). The number of H-pyrrole nitrogens is 1. The van der Waals surface area contributed by atoms with Crippen molar-refractivity contribution in [1.29, 1.82) is 0 Å². The molecule has 0 radical (unpaired) electrons. The van der Waals surface area contributed by atoms with Gasteiger partial charge in [0.1, 0.15) is 5.69 Å². The van der Waals surface area contributed by atoms with Gasteiger partial charge in [-0.25, -0.2) is 4.79 Å². The summed E-state index contributed by atoms with van der Waals surface area (Å²) in [5.74, 6) is 0.137. The standard InChI is InChI=1S/C13H22N2O3/c1-3-10(6-7-16)8-14-9-11-4-5-12(15-11)13(17)18-2/h4-5,10,14-16H,3,6-9H2,1-2H3. The number of esters is 1. The second kappa shape index (κ2) is 7.89. The number of hydrogen-bond acceptors (Lipinski definition) is 4. The van der Waals surface area contributed by atoms with Crippen LogP contribution in [0.25, 0.3) is 0 Å². The Morgan fingerprint density at radius 1 is 1.56 bits per heavy atom. The van der Waals surface area contributed by atoms with Crippen LogP contribution < -0.4 is 5.32 Å². The number of aromatic amines is 1. The molecule has 1 aromatic rings. The molecule has 0 amide bonds. The largest absolute Gasteiger partial charge is 0.464 e. The zero-order valence-corrected chi connectivity index (χ0v) is 11.0. The van der Waals surface area contributed by atoms with Gasteiger partial charge in [0.25, 0.3) is 0 Å². The molecule has 1 unspecified atom stereocenters. The summed E-state index contributed by atoms with van der Waals surface area (Å²) in [5.41, 5.74) is 1.42. The summed E-state index contributed by atoms with van der Waals surface area (Å²) < 4.78 is 4.62. The molecule has 0 saturated carbocycles. The van der Waals surface area contributed by atoms with Gasteiger partial charge in [-0.2, -0.15) is 0 Å². The molecule has 0 aliphatic rings. The highest BCUT2D eigenvalue weighted by atomic mass is 16.5. The number of aliphatic hydroxyl groups excluding tert-OH is 1. The van der Waals surface area contributed by atoms with Crippen LogP contribution >= 0.6 is 0 Å². The fraction of sp³-hybridized carbons (Fsp3) is 0.615. The third kappa shape index (κ3) is 4.50. The van der Waals surface area contributed by atoms with Gasteiger partial charge in [-0.15, -0.1) is 0 Å². The van der Waals surface area contributed by atoms with Crippen molar-refractivity contribution in [2.45, 2.75) is 26.3 Å². The molecule has 3 N–H and O–H groups in total.